The van der Waals surface area contributed by atoms with Gasteiger partial charge < -0.3 is 10.4 Å². The van der Waals surface area contributed by atoms with Crippen LogP contribution in [0.3, 0.4) is 0 Å². The van der Waals surface area contributed by atoms with E-state index in [2.05, 4.69) is 5.32 Å². The Bertz CT molecular complexity index is 578. The second-order valence-corrected chi connectivity index (χ2v) is 5.48. The second-order valence-electron chi connectivity index (χ2n) is 4.22. The van der Waals surface area contributed by atoms with Crippen LogP contribution in [0, 0.1) is 6.92 Å². The standard InChI is InChI=1S/C14H14ClNO2S/c1-9-8-19-13(12(9)15)14(18)16-6-10-2-4-11(7-17)5-3-10/h2-5,8,17H,6-7H2,1H3,(H,16,18). The normalized spacial score (nSPS) is 10.5. The van der Waals surface area contributed by atoms with E-state index in [0.717, 1.165) is 16.7 Å². The summed E-state index contributed by atoms with van der Waals surface area (Å²) in [5.41, 5.74) is 2.76. The summed E-state index contributed by atoms with van der Waals surface area (Å²) in [5, 5.41) is 14.2. The molecule has 1 amide bonds. The van der Waals surface area contributed by atoms with E-state index in [1.807, 2.05) is 36.6 Å². The number of nitrogens with one attached hydrogen (secondary N) is 1. The molecule has 0 saturated heterocycles. The predicted octanol–water partition coefficient (Wildman–Crippen LogP) is 3.13. The summed E-state index contributed by atoms with van der Waals surface area (Å²) < 4.78 is 0. The van der Waals surface area contributed by atoms with Gasteiger partial charge in [0.2, 0.25) is 0 Å². The monoisotopic (exact) mass is 295 g/mol. The topological polar surface area (TPSA) is 49.3 Å². The minimum atomic E-state index is -0.158. The second kappa shape index (κ2) is 6.19. The molecule has 2 rings (SSSR count). The van der Waals surface area contributed by atoms with Gasteiger partial charge in [-0.05, 0) is 29.0 Å². The number of carbonyl (C=O) groups excluding carboxylic acids is 1. The van der Waals surface area contributed by atoms with Crippen molar-refractivity contribution in [2.45, 2.75) is 20.1 Å². The number of aliphatic hydroxyl groups excluding tert-OH is 1. The van der Waals surface area contributed by atoms with Gasteiger partial charge in [0.1, 0.15) is 4.88 Å². The third-order valence-electron chi connectivity index (χ3n) is 2.76. The smallest absolute Gasteiger partial charge is 0.263 e. The zero-order valence-corrected chi connectivity index (χ0v) is 12.0. The van der Waals surface area contributed by atoms with Crippen LogP contribution in [-0.4, -0.2) is 11.0 Å². The average molecular weight is 296 g/mol. The van der Waals surface area contributed by atoms with Gasteiger partial charge in [-0.25, -0.2) is 0 Å². The fourth-order valence-electron chi connectivity index (χ4n) is 1.61. The van der Waals surface area contributed by atoms with Crippen LogP contribution in [0.2, 0.25) is 5.02 Å². The summed E-state index contributed by atoms with van der Waals surface area (Å²) in [6.45, 7) is 2.35. The van der Waals surface area contributed by atoms with Crippen LogP contribution in [0.4, 0.5) is 0 Å². The Morgan fingerprint density at radius 3 is 2.47 bits per heavy atom. The van der Waals surface area contributed by atoms with Crippen LogP contribution in [0.15, 0.2) is 29.6 Å². The van der Waals surface area contributed by atoms with E-state index >= 15 is 0 Å². The van der Waals surface area contributed by atoms with Crippen molar-refractivity contribution in [3.8, 4) is 0 Å². The first-order chi connectivity index (χ1) is 9.11. The molecule has 1 aromatic carbocycles. The van der Waals surface area contributed by atoms with E-state index in [9.17, 15) is 4.79 Å². The van der Waals surface area contributed by atoms with Crippen molar-refractivity contribution >= 4 is 28.8 Å². The number of hydrogen-bond donors (Lipinski definition) is 2. The minimum Gasteiger partial charge on any atom is -0.392 e. The Morgan fingerprint density at radius 2 is 1.95 bits per heavy atom. The van der Waals surface area contributed by atoms with Crippen molar-refractivity contribution in [1.82, 2.24) is 5.32 Å². The van der Waals surface area contributed by atoms with Crippen molar-refractivity contribution in [3.05, 3.63) is 56.2 Å². The fraction of sp³-hybridized carbons (Fsp3) is 0.214. The van der Waals surface area contributed by atoms with Crippen LogP contribution in [-0.2, 0) is 13.2 Å². The minimum absolute atomic E-state index is 0.0245. The highest BCUT2D eigenvalue weighted by Gasteiger charge is 2.13. The Labute approximate surface area is 120 Å². The van der Waals surface area contributed by atoms with Crippen LogP contribution < -0.4 is 5.32 Å². The lowest BCUT2D eigenvalue weighted by Gasteiger charge is -2.05. The summed E-state index contributed by atoms with van der Waals surface area (Å²) in [6.07, 6.45) is 0. The van der Waals surface area contributed by atoms with E-state index in [0.29, 0.717) is 16.4 Å². The molecule has 0 unspecified atom stereocenters. The molecule has 0 aliphatic rings. The highest BCUT2D eigenvalue weighted by Crippen LogP contribution is 2.26. The molecule has 0 saturated carbocycles. The quantitative estimate of drug-likeness (QED) is 0.910. The van der Waals surface area contributed by atoms with Gasteiger partial charge in [-0.2, -0.15) is 0 Å². The number of hydrogen-bond acceptors (Lipinski definition) is 3. The predicted molar refractivity (Wildman–Crippen MR) is 77.6 cm³/mol. The van der Waals surface area contributed by atoms with E-state index in [-0.39, 0.29) is 12.5 Å². The molecule has 0 spiro atoms. The van der Waals surface area contributed by atoms with Crippen LogP contribution in [0.1, 0.15) is 26.4 Å². The molecule has 0 aliphatic heterocycles. The molecule has 100 valence electrons. The van der Waals surface area contributed by atoms with Gasteiger partial charge >= 0.3 is 0 Å². The molecule has 0 aliphatic carbocycles. The highest BCUT2D eigenvalue weighted by atomic mass is 35.5. The van der Waals surface area contributed by atoms with Gasteiger partial charge in [0.15, 0.2) is 0 Å². The molecule has 0 bridgehead atoms. The van der Waals surface area contributed by atoms with Crippen molar-refractivity contribution in [1.29, 1.82) is 0 Å². The van der Waals surface area contributed by atoms with Crippen molar-refractivity contribution in [2.24, 2.45) is 0 Å². The molecule has 0 radical (unpaired) electrons. The lowest BCUT2D eigenvalue weighted by atomic mass is 10.1. The van der Waals surface area contributed by atoms with Gasteiger partial charge in [0.25, 0.3) is 5.91 Å². The number of amides is 1. The van der Waals surface area contributed by atoms with Gasteiger partial charge in [0.05, 0.1) is 11.6 Å². The SMILES string of the molecule is Cc1csc(C(=O)NCc2ccc(CO)cc2)c1Cl. The van der Waals surface area contributed by atoms with E-state index < -0.39 is 0 Å². The van der Waals surface area contributed by atoms with Gasteiger partial charge in [-0.15, -0.1) is 11.3 Å². The molecule has 3 nitrogen and oxygen atoms in total. The molecule has 2 aromatic rings. The third kappa shape index (κ3) is 3.35. The molecule has 2 N–H and O–H groups in total. The van der Waals surface area contributed by atoms with E-state index in [4.69, 9.17) is 16.7 Å². The number of halogens is 1. The fourth-order valence-corrected chi connectivity index (χ4v) is 2.80. The summed E-state index contributed by atoms with van der Waals surface area (Å²) in [6, 6.07) is 7.44. The molecular formula is C14H14ClNO2S. The first kappa shape index (κ1) is 14.1. The zero-order valence-electron chi connectivity index (χ0n) is 10.4. The number of carbonyl (C=O) groups is 1. The molecular weight excluding hydrogens is 282 g/mol. The van der Waals surface area contributed by atoms with Gasteiger partial charge in [-0.1, -0.05) is 35.9 Å². The number of thiophene rings is 1. The molecule has 5 heteroatoms. The maximum Gasteiger partial charge on any atom is 0.263 e. The van der Waals surface area contributed by atoms with Crippen molar-refractivity contribution in [2.75, 3.05) is 0 Å². The Hall–Kier alpha value is -1.36. The first-order valence-electron chi connectivity index (χ1n) is 5.82. The van der Waals surface area contributed by atoms with Crippen molar-refractivity contribution in [3.63, 3.8) is 0 Å². The maximum atomic E-state index is 12.0. The summed E-state index contributed by atoms with van der Waals surface area (Å²) in [7, 11) is 0. The van der Waals surface area contributed by atoms with Crippen LogP contribution in [0.25, 0.3) is 0 Å². The largest absolute Gasteiger partial charge is 0.392 e. The highest BCUT2D eigenvalue weighted by molar-refractivity contribution is 7.13. The summed E-state index contributed by atoms with van der Waals surface area (Å²) in [5.74, 6) is -0.158. The van der Waals surface area contributed by atoms with E-state index in [1.54, 1.807) is 0 Å². The molecule has 1 aromatic heterocycles. The van der Waals surface area contributed by atoms with Crippen LogP contribution in [0.5, 0.6) is 0 Å². The number of rotatable bonds is 4. The zero-order chi connectivity index (χ0) is 13.8. The van der Waals surface area contributed by atoms with E-state index in [1.165, 1.54) is 11.3 Å². The van der Waals surface area contributed by atoms with Gasteiger partial charge in [0, 0.05) is 6.54 Å². The van der Waals surface area contributed by atoms with Gasteiger partial charge in [-0.3, -0.25) is 4.79 Å². The molecule has 0 fully saturated rings. The molecule has 1 heterocycles. The van der Waals surface area contributed by atoms with Crippen LogP contribution >= 0.6 is 22.9 Å². The number of benzene rings is 1. The van der Waals surface area contributed by atoms with Crippen molar-refractivity contribution < 1.29 is 9.90 Å². The number of aryl methyl sites for hydroxylation is 1. The number of aliphatic hydroxyl groups is 1. The maximum absolute atomic E-state index is 12.0. The summed E-state index contributed by atoms with van der Waals surface area (Å²) in [4.78, 5) is 12.5. The Kier molecular flexibility index (Phi) is 4.58. The molecule has 19 heavy (non-hydrogen) atoms. The summed E-state index contributed by atoms with van der Waals surface area (Å²) >= 11 is 7.40. The first-order valence-corrected chi connectivity index (χ1v) is 7.08. The molecule has 0 atom stereocenters. The average Bonchev–Trinajstić information content (AvgIpc) is 2.77. The third-order valence-corrected chi connectivity index (χ3v) is 4.46. The lowest BCUT2D eigenvalue weighted by Crippen LogP contribution is -2.22. The lowest BCUT2D eigenvalue weighted by molar-refractivity contribution is 0.0955. The Morgan fingerprint density at radius 1 is 1.32 bits per heavy atom. The Balaban J connectivity index is 1.98.